The molecule has 5 nitrogen and oxygen atoms in total. The lowest BCUT2D eigenvalue weighted by Gasteiger charge is -2.37. The Morgan fingerprint density at radius 3 is 2.09 bits per heavy atom. The van der Waals surface area contributed by atoms with Crippen LogP contribution >= 0.6 is 0 Å². The van der Waals surface area contributed by atoms with Gasteiger partial charge in [-0.25, -0.2) is 0 Å². The number of ketones is 1. The Bertz CT molecular complexity index is 1100. The van der Waals surface area contributed by atoms with Crippen LogP contribution < -0.4 is 10.2 Å². The molecule has 3 rings (SSSR count). The molecule has 0 saturated heterocycles. The Kier molecular flexibility index (Phi) is 5.74. The molecule has 2 aliphatic rings. The molecule has 0 bridgehead atoms. The van der Waals surface area contributed by atoms with Crippen LogP contribution in [0.25, 0.3) is 0 Å². The molecule has 0 unspecified atom stereocenters. The number of allylic oxidation sites excluding steroid dienone is 1. The van der Waals surface area contributed by atoms with Gasteiger partial charge in [-0.2, -0.15) is 26.3 Å². The molecule has 0 radical (unpaired) electrons. The van der Waals surface area contributed by atoms with Crippen LogP contribution in [0, 0.1) is 10.8 Å². The number of rotatable bonds is 2. The summed E-state index contributed by atoms with van der Waals surface area (Å²) in [6, 6.07) is 3.28. The first-order chi connectivity index (χ1) is 15.2. The second-order valence-electron chi connectivity index (χ2n) is 10.4. The van der Waals surface area contributed by atoms with E-state index < -0.39 is 63.1 Å². The normalized spacial score (nSPS) is 23.3. The lowest BCUT2D eigenvalue weighted by Crippen LogP contribution is -2.67. The average molecular weight is 490 g/mol. The Morgan fingerprint density at radius 1 is 1.00 bits per heavy atom. The van der Waals surface area contributed by atoms with E-state index >= 15 is 0 Å². The minimum atomic E-state index is -5.45. The van der Waals surface area contributed by atoms with Gasteiger partial charge in [0.2, 0.25) is 11.4 Å². The molecule has 0 fully saturated rings. The van der Waals surface area contributed by atoms with E-state index in [1.54, 1.807) is 19.2 Å². The quantitative estimate of drug-likeness (QED) is 0.583. The summed E-state index contributed by atoms with van der Waals surface area (Å²) in [5.41, 5.74) is -8.91. The van der Waals surface area contributed by atoms with Crippen molar-refractivity contribution in [1.82, 2.24) is 5.32 Å². The van der Waals surface area contributed by atoms with Gasteiger partial charge >= 0.3 is 12.4 Å². The van der Waals surface area contributed by atoms with E-state index in [0.717, 1.165) is 12.1 Å². The van der Waals surface area contributed by atoms with Gasteiger partial charge in [0.15, 0.2) is 5.78 Å². The van der Waals surface area contributed by atoms with Gasteiger partial charge in [0, 0.05) is 23.2 Å². The molecule has 1 heterocycles. The van der Waals surface area contributed by atoms with Crippen LogP contribution in [0.2, 0.25) is 0 Å². The summed E-state index contributed by atoms with van der Waals surface area (Å²) in [6.07, 6.45) is -10.8. The maximum absolute atomic E-state index is 14.7. The average Bonchev–Trinajstić information content (AvgIpc) is 2.88. The third kappa shape index (κ3) is 4.09. The number of nitrogens with zero attached hydrogens (tertiary/aromatic N) is 1. The highest BCUT2D eigenvalue weighted by Gasteiger charge is 2.72. The predicted molar refractivity (Wildman–Crippen MR) is 110 cm³/mol. The zero-order valence-electron chi connectivity index (χ0n) is 19.2. The van der Waals surface area contributed by atoms with Crippen LogP contribution in [0.3, 0.4) is 0 Å². The van der Waals surface area contributed by atoms with E-state index in [1.165, 1.54) is 20.8 Å². The highest BCUT2D eigenvalue weighted by molar-refractivity contribution is 6.20. The molecule has 1 atom stereocenters. The SMILES string of the molecule is CC1(C)CC(=O)C2=C(C1)N(c1cccc(C(F)(F)F)c1)C(=O)[C@@]2(NC(=O)C(C)(C)C)C(F)(F)F. The van der Waals surface area contributed by atoms with Gasteiger partial charge in [-0.15, -0.1) is 0 Å². The van der Waals surface area contributed by atoms with Gasteiger partial charge in [-0.3, -0.25) is 19.3 Å². The van der Waals surface area contributed by atoms with Gasteiger partial charge < -0.3 is 5.32 Å². The lowest BCUT2D eigenvalue weighted by molar-refractivity contribution is -0.191. The third-order valence-electron chi connectivity index (χ3n) is 5.86. The molecule has 0 aromatic heterocycles. The van der Waals surface area contributed by atoms with E-state index in [0.29, 0.717) is 17.0 Å². The Hall–Kier alpha value is -2.85. The smallest absolute Gasteiger partial charge is 0.330 e. The Morgan fingerprint density at radius 2 is 1.59 bits per heavy atom. The number of benzene rings is 1. The van der Waals surface area contributed by atoms with Crippen molar-refractivity contribution in [1.29, 1.82) is 0 Å². The topological polar surface area (TPSA) is 66.5 Å². The van der Waals surface area contributed by atoms with Crippen molar-refractivity contribution in [2.75, 3.05) is 4.90 Å². The van der Waals surface area contributed by atoms with Crippen molar-refractivity contribution < 1.29 is 40.7 Å². The summed E-state index contributed by atoms with van der Waals surface area (Å²) in [4.78, 5) is 39.8. The fourth-order valence-corrected chi connectivity index (χ4v) is 4.20. The molecule has 1 aliphatic carbocycles. The van der Waals surface area contributed by atoms with Crippen LogP contribution in [-0.2, 0) is 20.6 Å². The first-order valence-electron chi connectivity index (χ1n) is 10.4. The predicted octanol–water partition coefficient (Wildman–Crippen LogP) is 5.16. The number of carbonyl (C=O) groups is 3. The van der Waals surface area contributed by atoms with Crippen molar-refractivity contribution in [3.05, 3.63) is 41.1 Å². The minimum absolute atomic E-state index is 0.195. The van der Waals surface area contributed by atoms with Crippen molar-refractivity contribution >= 4 is 23.3 Å². The summed E-state index contributed by atoms with van der Waals surface area (Å²) in [5.74, 6) is -3.89. The van der Waals surface area contributed by atoms with Crippen LogP contribution in [-0.4, -0.2) is 29.3 Å². The van der Waals surface area contributed by atoms with Gasteiger partial charge in [-0.1, -0.05) is 40.7 Å². The number of hydrogen-bond acceptors (Lipinski definition) is 3. The molecule has 1 aliphatic heterocycles. The molecule has 1 aromatic rings. The standard InChI is InChI=1S/C23H24F6N2O3/c1-19(2,3)17(33)30-21(23(27,28)29)16-14(10-20(4,5)11-15(16)32)31(18(21)34)13-8-6-7-12(9-13)22(24,25)26/h6-9H,10-11H2,1-5H3,(H,30,33)/t21-/m1/s1. The zero-order chi connectivity index (χ0) is 26.1. The molecule has 34 heavy (non-hydrogen) atoms. The van der Waals surface area contributed by atoms with E-state index in [9.17, 15) is 40.7 Å². The summed E-state index contributed by atoms with van der Waals surface area (Å²) in [6.45, 7) is 7.20. The number of Topliss-reactive ketones (excluding diaryl/α,β-unsaturated/α-hetero) is 1. The molecule has 0 spiro atoms. The van der Waals surface area contributed by atoms with Gasteiger partial charge in [0.1, 0.15) is 0 Å². The van der Waals surface area contributed by atoms with E-state index in [2.05, 4.69) is 0 Å². The van der Waals surface area contributed by atoms with Crippen LogP contribution in [0.4, 0.5) is 32.0 Å². The molecule has 2 amide bonds. The molecule has 186 valence electrons. The molecular weight excluding hydrogens is 466 g/mol. The number of nitrogens with one attached hydrogen (secondary N) is 1. The monoisotopic (exact) mass is 490 g/mol. The Labute approximate surface area is 192 Å². The van der Waals surface area contributed by atoms with Crippen molar-refractivity contribution in [3.63, 3.8) is 0 Å². The van der Waals surface area contributed by atoms with E-state index in [-0.39, 0.29) is 18.5 Å². The van der Waals surface area contributed by atoms with Gasteiger partial charge in [0.25, 0.3) is 5.91 Å². The number of halogens is 6. The largest absolute Gasteiger partial charge is 0.425 e. The lowest BCUT2D eigenvalue weighted by atomic mass is 9.72. The zero-order valence-corrected chi connectivity index (χ0v) is 19.2. The second kappa shape index (κ2) is 7.58. The number of anilines is 1. The third-order valence-corrected chi connectivity index (χ3v) is 5.86. The van der Waals surface area contributed by atoms with Crippen LogP contribution in [0.5, 0.6) is 0 Å². The van der Waals surface area contributed by atoms with Crippen molar-refractivity contribution in [2.45, 2.75) is 65.4 Å². The Balaban J connectivity index is 2.34. The maximum atomic E-state index is 14.7. The van der Waals surface area contributed by atoms with E-state index in [1.807, 2.05) is 0 Å². The van der Waals surface area contributed by atoms with Gasteiger partial charge in [-0.05, 0) is 30.0 Å². The van der Waals surface area contributed by atoms with E-state index in [4.69, 9.17) is 0 Å². The van der Waals surface area contributed by atoms with Crippen LogP contribution in [0.1, 0.15) is 53.0 Å². The summed E-state index contributed by atoms with van der Waals surface area (Å²) >= 11 is 0. The summed E-state index contributed by atoms with van der Waals surface area (Å²) in [5, 5.41) is 1.77. The second-order valence-corrected chi connectivity index (χ2v) is 10.4. The number of carbonyl (C=O) groups excluding carboxylic acids is 3. The molecule has 1 N–H and O–H groups in total. The van der Waals surface area contributed by atoms with Crippen molar-refractivity contribution in [3.8, 4) is 0 Å². The highest BCUT2D eigenvalue weighted by Crippen LogP contribution is 2.53. The maximum Gasteiger partial charge on any atom is 0.425 e. The first-order valence-corrected chi connectivity index (χ1v) is 10.4. The molecule has 11 heteroatoms. The summed E-state index contributed by atoms with van der Waals surface area (Å²) in [7, 11) is 0. The summed E-state index contributed by atoms with van der Waals surface area (Å²) < 4.78 is 84.0. The van der Waals surface area contributed by atoms with Gasteiger partial charge in [0.05, 0.1) is 11.1 Å². The highest BCUT2D eigenvalue weighted by atomic mass is 19.4. The first kappa shape index (κ1) is 25.8. The number of alkyl halides is 6. The minimum Gasteiger partial charge on any atom is -0.330 e. The van der Waals surface area contributed by atoms with Crippen molar-refractivity contribution in [2.24, 2.45) is 10.8 Å². The molecule has 0 saturated carbocycles. The fraction of sp³-hybridized carbons (Fsp3) is 0.522. The van der Waals surface area contributed by atoms with Crippen LogP contribution in [0.15, 0.2) is 35.5 Å². The number of hydrogen-bond donors (Lipinski definition) is 1. The number of amides is 2. The molecular formula is C23H24F6N2O3. The molecule has 1 aromatic carbocycles. The fourth-order valence-electron chi connectivity index (χ4n) is 4.20.